The fourth-order valence-corrected chi connectivity index (χ4v) is 2.99. The van der Waals surface area contributed by atoms with Crippen molar-refractivity contribution >= 4 is 26.6 Å². The quantitative estimate of drug-likeness (QED) is 0.900. The minimum absolute atomic E-state index is 0.0676. The third-order valence-electron chi connectivity index (χ3n) is 2.40. The molecule has 0 fully saturated rings. The van der Waals surface area contributed by atoms with Crippen molar-refractivity contribution in [3.8, 4) is 0 Å². The lowest BCUT2D eigenvalue weighted by Gasteiger charge is -2.05. The smallest absolute Gasteiger partial charge is 0.319 e. The van der Waals surface area contributed by atoms with Gasteiger partial charge in [-0.05, 0) is 11.5 Å². The lowest BCUT2D eigenvalue weighted by Crippen LogP contribution is -2.15. The molecule has 0 unspecified atom stereocenters. The molecule has 0 aliphatic heterocycles. The summed E-state index contributed by atoms with van der Waals surface area (Å²) in [5.74, 6) is -2.24. The lowest BCUT2D eigenvalue weighted by atomic mass is 10.1. The van der Waals surface area contributed by atoms with Gasteiger partial charge in [-0.3, -0.25) is 4.79 Å². The molecule has 0 heterocycles. The number of carboxylic acids is 1. The van der Waals surface area contributed by atoms with Crippen molar-refractivity contribution in [2.45, 2.75) is 4.90 Å². The highest BCUT2D eigenvalue weighted by Crippen LogP contribution is 2.23. The summed E-state index contributed by atoms with van der Waals surface area (Å²) in [7, 11) is -3.79. The molecule has 17 heavy (non-hydrogen) atoms. The minimum Gasteiger partial charge on any atom is -0.480 e. The number of aliphatic carboxylic acids is 1. The zero-order valence-electron chi connectivity index (χ0n) is 8.83. The van der Waals surface area contributed by atoms with Crippen LogP contribution in [0, 0.1) is 0 Å². The van der Waals surface area contributed by atoms with Gasteiger partial charge in [0.2, 0.25) is 0 Å². The SMILES string of the molecule is O=C(O)CS(=O)(=O)c1cccc2ccccc12. The summed E-state index contributed by atoms with van der Waals surface area (Å²) in [5, 5.41) is 9.93. The molecule has 0 aliphatic rings. The van der Waals surface area contributed by atoms with Gasteiger partial charge < -0.3 is 5.11 Å². The summed E-state index contributed by atoms with van der Waals surface area (Å²) in [5.41, 5.74) is 0. The molecule has 0 saturated carbocycles. The Balaban J connectivity index is 2.67. The molecule has 88 valence electrons. The molecule has 5 heteroatoms. The van der Waals surface area contributed by atoms with Crippen LogP contribution in [-0.4, -0.2) is 25.2 Å². The van der Waals surface area contributed by atoms with Gasteiger partial charge in [-0.15, -0.1) is 0 Å². The number of carbonyl (C=O) groups is 1. The Morgan fingerprint density at radius 1 is 1.06 bits per heavy atom. The molecule has 2 rings (SSSR count). The first kappa shape index (κ1) is 11.6. The Morgan fingerprint density at radius 3 is 2.41 bits per heavy atom. The summed E-state index contributed by atoms with van der Waals surface area (Å²) in [6.07, 6.45) is 0. The number of hydrogen-bond donors (Lipinski definition) is 1. The van der Waals surface area contributed by atoms with Gasteiger partial charge in [0.25, 0.3) is 0 Å². The van der Waals surface area contributed by atoms with Gasteiger partial charge in [0.05, 0.1) is 4.90 Å². The number of sulfone groups is 1. The van der Waals surface area contributed by atoms with Crippen LogP contribution in [0.3, 0.4) is 0 Å². The van der Waals surface area contributed by atoms with Crippen LogP contribution in [0.4, 0.5) is 0 Å². The number of rotatable bonds is 3. The number of benzene rings is 2. The van der Waals surface area contributed by atoms with Crippen LogP contribution in [0.1, 0.15) is 0 Å². The highest BCUT2D eigenvalue weighted by atomic mass is 32.2. The van der Waals surface area contributed by atoms with E-state index in [1.54, 1.807) is 36.4 Å². The maximum absolute atomic E-state index is 11.9. The van der Waals surface area contributed by atoms with Crippen molar-refractivity contribution in [3.63, 3.8) is 0 Å². The molecule has 2 aromatic rings. The molecule has 4 nitrogen and oxygen atoms in total. The maximum atomic E-state index is 11.9. The molecule has 0 aliphatic carbocycles. The molecule has 0 bridgehead atoms. The van der Waals surface area contributed by atoms with E-state index in [1.807, 2.05) is 0 Å². The van der Waals surface area contributed by atoms with E-state index in [0.717, 1.165) is 5.39 Å². The molecular formula is C12H10O4S. The fourth-order valence-electron chi connectivity index (χ4n) is 1.71. The number of hydrogen-bond acceptors (Lipinski definition) is 3. The fraction of sp³-hybridized carbons (Fsp3) is 0.0833. The molecular weight excluding hydrogens is 240 g/mol. The van der Waals surface area contributed by atoms with E-state index in [9.17, 15) is 13.2 Å². The molecule has 1 N–H and O–H groups in total. The summed E-state index contributed by atoms with van der Waals surface area (Å²) in [6, 6.07) is 11.8. The second-order valence-electron chi connectivity index (χ2n) is 3.63. The van der Waals surface area contributed by atoms with Crippen LogP contribution in [0.25, 0.3) is 10.8 Å². The van der Waals surface area contributed by atoms with E-state index >= 15 is 0 Å². The molecule has 0 amide bonds. The van der Waals surface area contributed by atoms with Crippen molar-refractivity contribution in [1.82, 2.24) is 0 Å². The van der Waals surface area contributed by atoms with E-state index in [1.165, 1.54) is 6.07 Å². The van der Waals surface area contributed by atoms with Crippen molar-refractivity contribution in [1.29, 1.82) is 0 Å². The summed E-state index contributed by atoms with van der Waals surface area (Å²) >= 11 is 0. The van der Waals surface area contributed by atoms with Crippen LogP contribution in [0.2, 0.25) is 0 Å². The molecule has 0 spiro atoms. The average molecular weight is 250 g/mol. The topological polar surface area (TPSA) is 71.4 Å². The van der Waals surface area contributed by atoms with Crippen molar-refractivity contribution in [2.75, 3.05) is 5.75 Å². The Kier molecular flexibility index (Phi) is 2.85. The number of carboxylic acid groups (broad SMARTS) is 1. The monoisotopic (exact) mass is 250 g/mol. The van der Waals surface area contributed by atoms with Gasteiger partial charge in [0, 0.05) is 5.39 Å². The number of fused-ring (bicyclic) bond motifs is 1. The first-order valence-electron chi connectivity index (χ1n) is 4.93. The zero-order chi connectivity index (χ0) is 12.5. The van der Waals surface area contributed by atoms with Gasteiger partial charge >= 0.3 is 5.97 Å². The first-order chi connectivity index (χ1) is 8.00. The van der Waals surface area contributed by atoms with Gasteiger partial charge in [0.15, 0.2) is 15.6 Å². The predicted octanol–water partition coefficient (Wildman–Crippen LogP) is 1.70. The third kappa shape index (κ3) is 2.29. The van der Waals surface area contributed by atoms with Crippen molar-refractivity contribution < 1.29 is 18.3 Å². The highest BCUT2D eigenvalue weighted by molar-refractivity contribution is 7.92. The third-order valence-corrected chi connectivity index (χ3v) is 4.05. The second-order valence-corrected chi connectivity index (χ2v) is 5.59. The van der Waals surface area contributed by atoms with Gasteiger partial charge in [-0.2, -0.15) is 0 Å². The second kappa shape index (κ2) is 4.18. The summed E-state index contributed by atoms with van der Waals surface area (Å²) < 4.78 is 23.8. The van der Waals surface area contributed by atoms with Crippen LogP contribution >= 0.6 is 0 Å². The summed E-state index contributed by atoms with van der Waals surface area (Å²) in [4.78, 5) is 10.6. The highest BCUT2D eigenvalue weighted by Gasteiger charge is 2.20. The van der Waals surface area contributed by atoms with E-state index in [2.05, 4.69) is 0 Å². The lowest BCUT2D eigenvalue weighted by molar-refractivity contribution is -0.134. The van der Waals surface area contributed by atoms with Crippen LogP contribution in [-0.2, 0) is 14.6 Å². The Bertz CT molecular complexity index is 668. The predicted molar refractivity (Wildman–Crippen MR) is 63.6 cm³/mol. The standard InChI is InChI=1S/C12H10O4S/c13-12(14)8-17(15,16)11-7-3-5-9-4-1-2-6-10(9)11/h1-7H,8H2,(H,13,14). The van der Waals surface area contributed by atoms with Gasteiger partial charge in [-0.25, -0.2) is 8.42 Å². The van der Waals surface area contributed by atoms with E-state index < -0.39 is 21.6 Å². The molecule has 0 atom stereocenters. The Hall–Kier alpha value is -1.88. The molecule has 0 radical (unpaired) electrons. The zero-order valence-corrected chi connectivity index (χ0v) is 9.65. The van der Waals surface area contributed by atoms with E-state index in [0.29, 0.717) is 5.39 Å². The Morgan fingerprint density at radius 2 is 1.71 bits per heavy atom. The average Bonchev–Trinajstić information content (AvgIpc) is 2.26. The minimum atomic E-state index is -3.79. The van der Waals surface area contributed by atoms with Crippen molar-refractivity contribution in [2.24, 2.45) is 0 Å². The van der Waals surface area contributed by atoms with Gasteiger partial charge in [0.1, 0.15) is 0 Å². The van der Waals surface area contributed by atoms with Crippen LogP contribution < -0.4 is 0 Å². The van der Waals surface area contributed by atoms with E-state index in [4.69, 9.17) is 5.11 Å². The van der Waals surface area contributed by atoms with E-state index in [-0.39, 0.29) is 4.90 Å². The van der Waals surface area contributed by atoms with Gasteiger partial charge in [-0.1, -0.05) is 36.4 Å². The molecule has 2 aromatic carbocycles. The Labute approximate surface area is 98.4 Å². The summed E-state index contributed by atoms with van der Waals surface area (Å²) in [6.45, 7) is 0. The molecule has 0 aromatic heterocycles. The van der Waals surface area contributed by atoms with Crippen LogP contribution in [0.5, 0.6) is 0 Å². The molecule has 0 saturated heterocycles. The van der Waals surface area contributed by atoms with Crippen LogP contribution in [0.15, 0.2) is 47.4 Å². The normalized spacial score (nSPS) is 11.5. The first-order valence-corrected chi connectivity index (χ1v) is 6.58. The van der Waals surface area contributed by atoms with Crippen molar-refractivity contribution in [3.05, 3.63) is 42.5 Å². The largest absolute Gasteiger partial charge is 0.480 e. The maximum Gasteiger partial charge on any atom is 0.319 e.